The molecule has 4 heterocycles. The van der Waals surface area contributed by atoms with Crippen LogP contribution < -0.4 is 0 Å². The van der Waals surface area contributed by atoms with Gasteiger partial charge in [-0.2, -0.15) is 17.5 Å². The molecule has 0 aliphatic carbocycles. The summed E-state index contributed by atoms with van der Waals surface area (Å²) >= 11 is 6.30. The number of nitrogens with zero attached hydrogens (tertiary/aromatic N) is 4. The molecular weight excluding hydrogens is 641 g/mol. The highest BCUT2D eigenvalue weighted by Gasteiger charge is 2.20. The van der Waals surface area contributed by atoms with Crippen LogP contribution >= 0.6 is 46.1 Å². The first kappa shape index (κ1) is 33.6. The molecule has 0 aliphatic rings. The normalized spacial score (nSPS) is 12.0. The molecule has 6 rings (SSSR count). The van der Waals surface area contributed by atoms with Crippen molar-refractivity contribution >= 4 is 79.0 Å². The summed E-state index contributed by atoms with van der Waals surface area (Å²) in [5, 5.41) is 6.96. The van der Waals surface area contributed by atoms with Crippen molar-refractivity contribution in [3.05, 3.63) is 46.2 Å². The molecule has 0 saturated carbocycles. The van der Waals surface area contributed by atoms with Crippen LogP contribution in [0.1, 0.15) is 128 Å². The average Bonchev–Trinajstić information content (AvgIpc) is 3.90. The first-order valence-electron chi connectivity index (χ1n) is 17.8. The summed E-state index contributed by atoms with van der Waals surface area (Å²) in [5.41, 5.74) is 9.23. The van der Waals surface area contributed by atoms with Crippen molar-refractivity contribution in [3.8, 4) is 20.9 Å². The van der Waals surface area contributed by atoms with Crippen LogP contribution in [0.3, 0.4) is 0 Å². The molecular formula is C38H48N4S4. The molecule has 8 heteroatoms. The van der Waals surface area contributed by atoms with Crippen LogP contribution in [0.2, 0.25) is 0 Å². The third-order valence-corrected chi connectivity index (χ3v) is 12.4. The van der Waals surface area contributed by atoms with E-state index in [-0.39, 0.29) is 0 Å². The van der Waals surface area contributed by atoms with Crippen LogP contribution in [0.4, 0.5) is 0 Å². The number of hydrogen-bond donors (Lipinski definition) is 0. The fraction of sp³-hybridized carbons (Fsp3) is 0.526. The number of hydrogen-bond acceptors (Lipinski definition) is 8. The molecule has 46 heavy (non-hydrogen) atoms. The minimum Gasteiger partial charge on any atom is -0.172 e. The molecule has 2 aromatic carbocycles. The first-order chi connectivity index (χ1) is 22.8. The fourth-order valence-corrected chi connectivity index (χ4v) is 9.73. The van der Waals surface area contributed by atoms with Gasteiger partial charge in [0.15, 0.2) is 0 Å². The van der Waals surface area contributed by atoms with E-state index < -0.39 is 0 Å². The van der Waals surface area contributed by atoms with E-state index in [1.54, 1.807) is 0 Å². The van der Waals surface area contributed by atoms with Gasteiger partial charge in [0.05, 0.1) is 23.5 Å². The quantitative estimate of drug-likeness (QED) is 0.0749. The van der Waals surface area contributed by atoms with Crippen molar-refractivity contribution in [1.29, 1.82) is 0 Å². The van der Waals surface area contributed by atoms with Gasteiger partial charge in [-0.05, 0) is 71.8 Å². The van der Waals surface area contributed by atoms with Gasteiger partial charge in [0, 0.05) is 31.7 Å². The van der Waals surface area contributed by atoms with Gasteiger partial charge >= 0.3 is 0 Å². The minimum atomic E-state index is 0.988. The van der Waals surface area contributed by atoms with Crippen LogP contribution in [0.5, 0.6) is 0 Å². The Morgan fingerprint density at radius 1 is 0.435 bits per heavy atom. The van der Waals surface area contributed by atoms with E-state index in [0.717, 1.165) is 45.7 Å². The molecule has 0 unspecified atom stereocenters. The van der Waals surface area contributed by atoms with Gasteiger partial charge in [-0.3, -0.25) is 0 Å². The second-order valence-electron chi connectivity index (χ2n) is 13.0. The predicted molar refractivity (Wildman–Crippen MR) is 205 cm³/mol. The number of aromatic nitrogens is 4. The van der Waals surface area contributed by atoms with E-state index in [2.05, 4.69) is 48.9 Å². The topological polar surface area (TPSA) is 51.6 Å². The highest BCUT2D eigenvalue weighted by Crippen LogP contribution is 2.43. The molecule has 0 atom stereocenters. The largest absolute Gasteiger partial charge is 0.172 e. The number of unbranched alkanes of at least 4 members (excludes halogenated alkanes) is 14. The lowest BCUT2D eigenvalue weighted by atomic mass is 9.98. The molecule has 0 bridgehead atoms. The number of aryl methyl sites for hydroxylation is 2. The molecule has 0 fully saturated rings. The summed E-state index contributed by atoms with van der Waals surface area (Å²) in [4.78, 5) is 2.55. The summed E-state index contributed by atoms with van der Waals surface area (Å²) in [6, 6.07) is 9.38. The van der Waals surface area contributed by atoms with Gasteiger partial charge in [0.25, 0.3) is 0 Å². The van der Waals surface area contributed by atoms with Crippen molar-refractivity contribution in [3.63, 3.8) is 0 Å². The lowest BCUT2D eigenvalue weighted by Crippen LogP contribution is -1.87. The zero-order valence-corrected chi connectivity index (χ0v) is 30.9. The molecule has 6 aromatic rings. The summed E-state index contributed by atoms with van der Waals surface area (Å²) in [6.07, 6.45) is 24.0. The van der Waals surface area contributed by atoms with E-state index in [0.29, 0.717) is 0 Å². The maximum Gasteiger partial charge on any atom is 0.114 e. The summed E-state index contributed by atoms with van der Waals surface area (Å²) in [7, 11) is 0. The smallest absolute Gasteiger partial charge is 0.114 e. The lowest BCUT2D eigenvalue weighted by Gasteiger charge is -2.08. The highest BCUT2D eigenvalue weighted by molar-refractivity contribution is 7.14. The predicted octanol–water partition coefficient (Wildman–Crippen LogP) is 13.7. The van der Waals surface area contributed by atoms with Gasteiger partial charge in [-0.1, -0.05) is 104 Å². The van der Waals surface area contributed by atoms with E-state index in [1.807, 2.05) is 22.7 Å². The Morgan fingerprint density at radius 3 is 1.22 bits per heavy atom. The molecule has 0 saturated heterocycles. The minimum absolute atomic E-state index is 0.988. The Balaban J connectivity index is 1.17. The Morgan fingerprint density at radius 2 is 0.804 bits per heavy atom. The molecule has 4 nitrogen and oxygen atoms in total. The highest BCUT2D eigenvalue weighted by atomic mass is 32.1. The van der Waals surface area contributed by atoms with Crippen LogP contribution in [0, 0.1) is 0 Å². The second kappa shape index (κ2) is 17.2. The monoisotopic (exact) mass is 688 g/mol. The second-order valence-corrected chi connectivity index (χ2v) is 15.8. The first-order valence-corrected chi connectivity index (χ1v) is 21.0. The molecule has 4 aromatic heterocycles. The summed E-state index contributed by atoms with van der Waals surface area (Å²) < 4.78 is 19.3. The van der Waals surface area contributed by atoms with Crippen molar-refractivity contribution in [2.45, 2.75) is 129 Å². The molecule has 0 spiro atoms. The third kappa shape index (κ3) is 8.23. The fourth-order valence-electron chi connectivity index (χ4n) is 6.65. The van der Waals surface area contributed by atoms with Crippen molar-refractivity contribution in [1.82, 2.24) is 17.5 Å². The van der Waals surface area contributed by atoms with E-state index in [4.69, 9.17) is 17.5 Å². The van der Waals surface area contributed by atoms with E-state index >= 15 is 0 Å². The molecule has 0 amide bonds. The molecule has 0 radical (unpaired) electrons. The maximum atomic E-state index is 4.84. The standard InChI is InChI=1S/C38H48N4S4/c1-3-5-7-9-11-13-15-17-19-27-21-33(43-25-27)31-23-29-30(35-37(31)41-45-39-35)24-32(38-36(29)40-46-42-38)34-22-28(26-44-34)20-18-16-14-12-10-8-6-4-2/h21-26H,3-20H2,1-2H3. The van der Waals surface area contributed by atoms with E-state index in [1.165, 1.54) is 158 Å². The lowest BCUT2D eigenvalue weighted by molar-refractivity contribution is 0.576. The summed E-state index contributed by atoms with van der Waals surface area (Å²) in [5.74, 6) is 0. The van der Waals surface area contributed by atoms with Crippen LogP contribution in [0.25, 0.3) is 53.7 Å². The molecule has 0 aliphatic heterocycles. The van der Waals surface area contributed by atoms with Gasteiger partial charge in [-0.25, -0.2) is 0 Å². The van der Waals surface area contributed by atoms with Gasteiger partial charge in [-0.15, -0.1) is 22.7 Å². The Labute approximate surface area is 291 Å². The molecule has 0 N–H and O–H groups in total. The van der Waals surface area contributed by atoms with Gasteiger partial charge in [0.1, 0.15) is 22.1 Å². The zero-order valence-electron chi connectivity index (χ0n) is 27.6. The third-order valence-electron chi connectivity index (χ3n) is 9.34. The SMILES string of the molecule is CCCCCCCCCCc1csc(-c2cc3c(cc(-c4cc(CCCCCCCCCC)cs4)c4nsnc43)c3nsnc23)c1. The van der Waals surface area contributed by atoms with Gasteiger partial charge in [0.2, 0.25) is 0 Å². The van der Waals surface area contributed by atoms with Crippen molar-refractivity contribution < 1.29 is 0 Å². The van der Waals surface area contributed by atoms with Crippen LogP contribution in [-0.4, -0.2) is 17.5 Å². The summed E-state index contributed by atoms with van der Waals surface area (Å²) in [6.45, 7) is 4.57. The zero-order chi connectivity index (χ0) is 31.6. The maximum absolute atomic E-state index is 4.84. The van der Waals surface area contributed by atoms with E-state index in [9.17, 15) is 0 Å². The Kier molecular flexibility index (Phi) is 12.6. The van der Waals surface area contributed by atoms with Crippen LogP contribution in [0.15, 0.2) is 35.0 Å². The Hall–Kier alpha value is -2.26. The number of fused-ring (bicyclic) bond motifs is 5. The average molecular weight is 689 g/mol. The Bertz CT molecular complexity index is 1680. The number of benzene rings is 2. The van der Waals surface area contributed by atoms with Crippen molar-refractivity contribution in [2.24, 2.45) is 0 Å². The number of thiophene rings is 2. The van der Waals surface area contributed by atoms with Crippen molar-refractivity contribution in [2.75, 3.05) is 0 Å². The van der Waals surface area contributed by atoms with Crippen LogP contribution in [-0.2, 0) is 12.8 Å². The van der Waals surface area contributed by atoms with Gasteiger partial charge < -0.3 is 0 Å². The molecule has 244 valence electrons. The number of rotatable bonds is 20.